The van der Waals surface area contributed by atoms with Gasteiger partial charge < -0.3 is 15.2 Å². The molecule has 1 atom stereocenters. The fraction of sp³-hybridized carbons (Fsp3) is 0.556. The number of fused-ring (bicyclic) bond motifs is 1. The molecule has 0 aliphatic heterocycles. The summed E-state index contributed by atoms with van der Waals surface area (Å²) < 4.78 is 5.97. The molecule has 5 nitrogen and oxygen atoms in total. The number of carbonyl (C=O) groups excluding carboxylic acids is 2. The zero-order chi connectivity index (χ0) is 22.6. The van der Waals surface area contributed by atoms with E-state index >= 15 is 0 Å². The van der Waals surface area contributed by atoms with Gasteiger partial charge in [-0.15, -0.1) is 0 Å². The van der Waals surface area contributed by atoms with Crippen LogP contribution in [0.1, 0.15) is 87.9 Å². The molecule has 5 heteroatoms. The van der Waals surface area contributed by atoms with Gasteiger partial charge in [-0.3, -0.25) is 4.79 Å². The molecular formula is C27H35NO4. The topological polar surface area (TPSA) is 75.6 Å². The van der Waals surface area contributed by atoms with E-state index in [1.807, 2.05) is 24.3 Å². The Balaban J connectivity index is 1.57. The zero-order valence-corrected chi connectivity index (χ0v) is 19.1. The molecule has 4 rings (SSSR count). The highest BCUT2D eigenvalue weighted by Gasteiger charge is 2.43. The van der Waals surface area contributed by atoms with Gasteiger partial charge in [0.25, 0.3) is 5.91 Å². The smallest absolute Gasteiger partial charge is 0.329 e. The number of nitrogens with one attached hydrogen (secondary N) is 1. The largest absolute Gasteiger partial charge is 0.506 e. The van der Waals surface area contributed by atoms with Crippen molar-refractivity contribution in [3.63, 3.8) is 0 Å². The van der Waals surface area contributed by atoms with Gasteiger partial charge in [-0.25, -0.2) is 4.79 Å². The van der Waals surface area contributed by atoms with E-state index in [0.717, 1.165) is 63.2 Å². The van der Waals surface area contributed by atoms with E-state index in [0.29, 0.717) is 5.39 Å². The minimum absolute atomic E-state index is 0.0507. The molecule has 2 aromatic rings. The Hall–Kier alpha value is -2.56. The number of ether oxygens (including phenoxy) is 1. The number of phenolic OH excluding ortho intramolecular Hbond substituents is 1. The molecule has 32 heavy (non-hydrogen) atoms. The molecule has 1 unspecified atom stereocenters. The number of aromatic hydroxyl groups is 1. The highest BCUT2D eigenvalue weighted by atomic mass is 16.5. The summed E-state index contributed by atoms with van der Waals surface area (Å²) in [6, 6.07) is 10.2. The van der Waals surface area contributed by atoms with Crippen molar-refractivity contribution in [3.8, 4) is 5.75 Å². The Morgan fingerprint density at radius 1 is 0.969 bits per heavy atom. The third-order valence-corrected chi connectivity index (χ3v) is 7.43. The lowest BCUT2D eigenvalue weighted by atomic mass is 9.70. The van der Waals surface area contributed by atoms with Gasteiger partial charge in [0.05, 0.1) is 5.56 Å². The molecule has 1 amide bonds. The number of amides is 1. The summed E-state index contributed by atoms with van der Waals surface area (Å²) in [5.41, 5.74) is -0.155. The Morgan fingerprint density at radius 2 is 1.62 bits per heavy atom. The number of hydrogen-bond acceptors (Lipinski definition) is 4. The Morgan fingerprint density at radius 3 is 2.34 bits per heavy atom. The minimum atomic E-state index is -0.718. The van der Waals surface area contributed by atoms with Crippen LogP contribution in [0.15, 0.2) is 36.4 Å². The van der Waals surface area contributed by atoms with Gasteiger partial charge in [-0.1, -0.05) is 69.4 Å². The molecule has 2 aliphatic rings. The Bertz CT molecular complexity index is 955. The summed E-state index contributed by atoms with van der Waals surface area (Å²) >= 11 is 0. The summed E-state index contributed by atoms with van der Waals surface area (Å²) in [5.74, 6) is -0.803. The molecular weight excluding hydrogens is 402 g/mol. The van der Waals surface area contributed by atoms with Crippen molar-refractivity contribution in [2.45, 2.75) is 89.7 Å². The van der Waals surface area contributed by atoms with E-state index in [-0.39, 0.29) is 28.8 Å². The lowest BCUT2D eigenvalue weighted by molar-refractivity contribution is -0.156. The molecule has 2 aliphatic carbocycles. The van der Waals surface area contributed by atoms with Crippen molar-refractivity contribution >= 4 is 22.6 Å². The van der Waals surface area contributed by atoms with Crippen LogP contribution in [0.4, 0.5) is 0 Å². The number of hydrogen-bond donors (Lipinski definition) is 2. The van der Waals surface area contributed by atoms with E-state index in [2.05, 4.69) is 12.2 Å². The highest BCUT2D eigenvalue weighted by molar-refractivity contribution is 6.04. The quantitative estimate of drug-likeness (QED) is 0.452. The second-order valence-electron chi connectivity index (χ2n) is 9.85. The van der Waals surface area contributed by atoms with Gasteiger partial charge in [0.1, 0.15) is 17.9 Å². The first-order valence-electron chi connectivity index (χ1n) is 12.2. The summed E-state index contributed by atoms with van der Waals surface area (Å²) in [5, 5.41) is 15.2. The van der Waals surface area contributed by atoms with Crippen LogP contribution in [0, 0.1) is 5.41 Å². The van der Waals surface area contributed by atoms with Gasteiger partial charge >= 0.3 is 5.97 Å². The number of rotatable bonds is 5. The normalized spacial score (nSPS) is 20.3. The second kappa shape index (κ2) is 9.93. The van der Waals surface area contributed by atoms with Gasteiger partial charge in [-0.05, 0) is 55.4 Å². The van der Waals surface area contributed by atoms with Crippen molar-refractivity contribution in [2.75, 3.05) is 0 Å². The Labute approximate surface area is 190 Å². The lowest BCUT2D eigenvalue weighted by Gasteiger charge is -2.40. The molecule has 0 saturated heterocycles. The first kappa shape index (κ1) is 22.6. The van der Waals surface area contributed by atoms with E-state index in [9.17, 15) is 14.7 Å². The van der Waals surface area contributed by atoms with Crippen LogP contribution in [0.3, 0.4) is 0 Å². The zero-order valence-electron chi connectivity index (χ0n) is 19.1. The molecule has 0 spiro atoms. The molecule has 0 radical (unpaired) electrons. The summed E-state index contributed by atoms with van der Waals surface area (Å²) in [4.78, 5) is 26.7. The maximum absolute atomic E-state index is 13.4. The van der Waals surface area contributed by atoms with Gasteiger partial charge in [0.2, 0.25) is 0 Å². The maximum Gasteiger partial charge on any atom is 0.329 e. The Kier molecular flexibility index (Phi) is 7.02. The summed E-state index contributed by atoms with van der Waals surface area (Å²) in [6.07, 6.45) is 11.3. The van der Waals surface area contributed by atoms with Crippen LogP contribution in [0.5, 0.6) is 5.75 Å². The van der Waals surface area contributed by atoms with Gasteiger partial charge in [0, 0.05) is 5.39 Å². The van der Waals surface area contributed by atoms with Crippen molar-refractivity contribution in [1.29, 1.82) is 0 Å². The fourth-order valence-electron chi connectivity index (χ4n) is 5.41. The van der Waals surface area contributed by atoms with Crippen molar-refractivity contribution in [3.05, 3.63) is 42.0 Å². The average molecular weight is 438 g/mol. The molecule has 0 heterocycles. The van der Waals surface area contributed by atoms with Crippen LogP contribution in [0.25, 0.3) is 10.8 Å². The second-order valence-corrected chi connectivity index (χ2v) is 9.85. The van der Waals surface area contributed by atoms with Crippen molar-refractivity contribution < 1.29 is 19.4 Å². The van der Waals surface area contributed by atoms with Gasteiger partial charge in [-0.2, -0.15) is 0 Å². The van der Waals surface area contributed by atoms with Crippen LogP contribution >= 0.6 is 0 Å². The number of esters is 1. The third kappa shape index (κ3) is 4.92. The predicted octanol–water partition coefficient (Wildman–Crippen LogP) is 5.88. The molecule has 172 valence electrons. The SMILES string of the molecule is CC1(C(NC(=O)c2ccc3ccccc3c2O)C(=O)OC2CCCCCC2)CCCCC1. The molecule has 0 aromatic heterocycles. The van der Waals surface area contributed by atoms with E-state index < -0.39 is 11.9 Å². The van der Waals surface area contributed by atoms with Crippen LogP contribution in [-0.2, 0) is 9.53 Å². The number of benzene rings is 2. The van der Waals surface area contributed by atoms with E-state index in [1.165, 1.54) is 12.8 Å². The molecule has 0 bridgehead atoms. The number of carbonyl (C=O) groups is 2. The molecule has 2 N–H and O–H groups in total. The molecule has 2 saturated carbocycles. The fourth-order valence-corrected chi connectivity index (χ4v) is 5.41. The lowest BCUT2D eigenvalue weighted by Crippen LogP contribution is -2.53. The molecule has 2 aromatic carbocycles. The first-order chi connectivity index (χ1) is 15.5. The van der Waals surface area contributed by atoms with E-state index in [1.54, 1.807) is 12.1 Å². The van der Waals surface area contributed by atoms with Crippen molar-refractivity contribution in [1.82, 2.24) is 5.32 Å². The van der Waals surface area contributed by atoms with Crippen LogP contribution < -0.4 is 5.32 Å². The van der Waals surface area contributed by atoms with Crippen LogP contribution in [-0.4, -0.2) is 29.1 Å². The minimum Gasteiger partial charge on any atom is -0.506 e. The van der Waals surface area contributed by atoms with E-state index in [4.69, 9.17) is 4.74 Å². The average Bonchev–Trinajstić information content (AvgIpc) is 3.06. The third-order valence-electron chi connectivity index (χ3n) is 7.43. The number of phenols is 1. The van der Waals surface area contributed by atoms with Gasteiger partial charge in [0.15, 0.2) is 0 Å². The summed E-state index contributed by atoms with van der Waals surface area (Å²) in [7, 11) is 0. The maximum atomic E-state index is 13.4. The monoisotopic (exact) mass is 437 g/mol. The van der Waals surface area contributed by atoms with Crippen LogP contribution in [0.2, 0.25) is 0 Å². The highest BCUT2D eigenvalue weighted by Crippen LogP contribution is 2.40. The summed E-state index contributed by atoms with van der Waals surface area (Å²) in [6.45, 7) is 2.09. The molecule has 2 fully saturated rings. The standard InChI is InChI=1S/C27H35NO4/c1-27(17-9-4-10-18-27)24(26(31)32-20-12-5-2-3-6-13-20)28-25(30)22-16-15-19-11-7-8-14-21(19)23(22)29/h7-8,11,14-16,20,24,29H,2-6,9-10,12-13,17-18H2,1H3,(H,28,30). The predicted molar refractivity (Wildman–Crippen MR) is 126 cm³/mol. The van der Waals surface area contributed by atoms with Crippen molar-refractivity contribution in [2.24, 2.45) is 5.41 Å². The first-order valence-corrected chi connectivity index (χ1v) is 12.2.